The molecule has 0 unspecified atom stereocenters. The topological polar surface area (TPSA) is 40.5 Å². The molecule has 2 heteroatoms. The monoisotopic (exact) mass is 275 g/mol. The van der Waals surface area contributed by atoms with Gasteiger partial charge in [-0.05, 0) is 84.9 Å². The van der Waals surface area contributed by atoms with Crippen LogP contribution in [-0.2, 0) is 6.42 Å². The fraction of sp³-hybridized carbons (Fsp3) is 0.667. The fourth-order valence-corrected chi connectivity index (χ4v) is 4.97. The van der Waals surface area contributed by atoms with E-state index in [-0.39, 0.29) is 12.3 Å². The third-order valence-corrected chi connectivity index (χ3v) is 6.13. The third-order valence-electron chi connectivity index (χ3n) is 6.13. The van der Waals surface area contributed by atoms with Gasteiger partial charge in [-0.15, -0.1) is 0 Å². The first kappa shape index (κ1) is 9.83. The maximum absolute atomic E-state index is 10.7. The van der Waals surface area contributed by atoms with Gasteiger partial charge in [-0.1, -0.05) is 13.0 Å². The van der Waals surface area contributed by atoms with Gasteiger partial charge in [0.15, 0.2) is 0 Å². The molecule has 5 atom stereocenters. The number of benzene rings is 1. The quantitative estimate of drug-likeness (QED) is 0.759. The summed E-state index contributed by atoms with van der Waals surface area (Å²) in [7, 11) is 0. The molecule has 0 bridgehead atoms. The third kappa shape index (κ3) is 1.60. The van der Waals surface area contributed by atoms with Crippen LogP contribution in [0, 0.1) is 17.3 Å². The zero-order valence-electron chi connectivity index (χ0n) is 14.9. The predicted molar refractivity (Wildman–Crippen MR) is 78.7 cm³/mol. The van der Waals surface area contributed by atoms with Crippen molar-refractivity contribution in [3.8, 4) is 5.75 Å². The Morgan fingerprint density at radius 2 is 2.20 bits per heavy atom. The van der Waals surface area contributed by atoms with Crippen LogP contribution in [0.3, 0.4) is 0 Å². The van der Waals surface area contributed by atoms with Crippen molar-refractivity contribution >= 4 is 0 Å². The van der Waals surface area contributed by atoms with Crippen LogP contribution in [0.15, 0.2) is 18.2 Å². The van der Waals surface area contributed by atoms with Crippen molar-refractivity contribution in [2.75, 3.05) is 0 Å². The van der Waals surface area contributed by atoms with Gasteiger partial charge >= 0.3 is 0 Å². The Morgan fingerprint density at radius 1 is 1.35 bits per heavy atom. The number of phenolic OH excluding ortho intramolecular Hbond substituents is 1. The largest absolute Gasteiger partial charge is 0.508 e. The first-order valence-electron chi connectivity index (χ1n) is 9.21. The number of hydrogen-bond acceptors (Lipinski definition) is 2. The summed E-state index contributed by atoms with van der Waals surface area (Å²) in [5, 5.41) is 20.4. The van der Waals surface area contributed by atoms with Crippen molar-refractivity contribution in [1.29, 1.82) is 0 Å². The lowest BCUT2D eigenvalue weighted by molar-refractivity contribution is -0.0226. The zero-order valence-corrected chi connectivity index (χ0v) is 11.9. The molecule has 0 saturated heterocycles. The van der Waals surface area contributed by atoms with Crippen LogP contribution in [0.25, 0.3) is 0 Å². The minimum Gasteiger partial charge on any atom is -0.508 e. The molecule has 2 saturated carbocycles. The fourth-order valence-electron chi connectivity index (χ4n) is 4.97. The molecule has 2 N–H and O–H groups in total. The Morgan fingerprint density at radius 3 is 3.05 bits per heavy atom. The van der Waals surface area contributed by atoms with Crippen LogP contribution in [0.4, 0.5) is 0 Å². The molecule has 0 radical (unpaired) electrons. The summed E-state index contributed by atoms with van der Waals surface area (Å²) in [6.07, 6.45) is -0.185. The van der Waals surface area contributed by atoms with Gasteiger partial charge in [0.1, 0.15) is 5.75 Å². The van der Waals surface area contributed by atoms with E-state index in [4.69, 9.17) is 4.11 Å². The first-order chi connectivity index (χ1) is 10.7. The molecule has 2 fully saturated rings. The standard InChI is InChI=1S/C18H24O2/c1-18-9-8-14-13-5-3-12(19)10-11(13)2-4-15(14)16(18)6-7-17(18)20/h3,5,10,14-17,19-20H,2,4,6-9H2,1H3/t14-,15-,16+,17-,18+/m0/s1/i7D2,17D. The van der Waals surface area contributed by atoms with Crippen LogP contribution in [-0.4, -0.2) is 16.3 Å². The van der Waals surface area contributed by atoms with E-state index in [0.29, 0.717) is 24.0 Å². The first-order valence-corrected chi connectivity index (χ1v) is 7.71. The minimum absolute atomic E-state index is 0.0423. The highest BCUT2D eigenvalue weighted by molar-refractivity contribution is 5.40. The molecule has 0 spiro atoms. The van der Waals surface area contributed by atoms with Gasteiger partial charge in [0, 0.05) is 2.74 Å². The van der Waals surface area contributed by atoms with Gasteiger partial charge in [-0.25, -0.2) is 0 Å². The molecule has 1 aromatic rings. The number of aliphatic hydroxyl groups is 1. The van der Waals surface area contributed by atoms with Gasteiger partial charge in [-0.2, -0.15) is 0 Å². The van der Waals surface area contributed by atoms with Gasteiger partial charge in [0.05, 0.1) is 7.45 Å². The van der Waals surface area contributed by atoms with E-state index in [0.717, 1.165) is 19.3 Å². The van der Waals surface area contributed by atoms with E-state index in [1.165, 1.54) is 11.1 Å². The summed E-state index contributed by atoms with van der Waals surface area (Å²) in [6.45, 7) is 1.91. The van der Waals surface area contributed by atoms with Crippen molar-refractivity contribution < 1.29 is 14.3 Å². The van der Waals surface area contributed by atoms with Crippen LogP contribution in [0.2, 0.25) is 0 Å². The molecule has 108 valence electrons. The molecule has 20 heavy (non-hydrogen) atoms. The average Bonchev–Trinajstić information content (AvgIpc) is 2.62. The van der Waals surface area contributed by atoms with E-state index >= 15 is 0 Å². The zero-order chi connectivity index (χ0) is 16.6. The van der Waals surface area contributed by atoms with Crippen LogP contribution in [0.5, 0.6) is 5.75 Å². The molecule has 3 aliphatic rings. The van der Waals surface area contributed by atoms with Crippen LogP contribution >= 0.6 is 0 Å². The lowest BCUT2D eigenvalue weighted by Crippen LogP contribution is -2.43. The number of hydrogen-bond donors (Lipinski definition) is 2. The molecule has 0 aliphatic heterocycles. The van der Waals surface area contributed by atoms with Crippen LogP contribution in [0.1, 0.15) is 60.1 Å². The van der Waals surface area contributed by atoms with Crippen molar-refractivity contribution in [2.45, 2.75) is 57.4 Å². The maximum atomic E-state index is 10.7. The summed E-state index contributed by atoms with van der Waals surface area (Å²) in [5.74, 6) is 1.03. The molecule has 2 nitrogen and oxygen atoms in total. The number of aryl methyl sites for hydroxylation is 1. The van der Waals surface area contributed by atoms with Gasteiger partial charge in [-0.3, -0.25) is 0 Å². The predicted octanol–water partition coefficient (Wildman–Crippen LogP) is 3.61. The van der Waals surface area contributed by atoms with Crippen molar-refractivity contribution in [3.05, 3.63) is 29.3 Å². The Labute approximate surface area is 125 Å². The second-order valence-electron chi connectivity index (χ2n) is 6.98. The number of rotatable bonds is 0. The van der Waals surface area contributed by atoms with Gasteiger partial charge in [0.2, 0.25) is 0 Å². The summed E-state index contributed by atoms with van der Waals surface area (Å²) < 4.78 is 24.7. The molecule has 1 aromatic carbocycles. The van der Waals surface area contributed by atoms with E-state index < -0.39 is 17.9 Å². The van der Waals surface area contributed by atoms with Crippen LogP contribution < -0.4 is 0 Å². The van der Waals surface area contributed by atoms with E-state index in [1.807, 2.05) is 19.1 Å². The van der Waals surface area contributed by atoms with Gasteiger partial charge < -0.3 is 10.2 Å². The smallest absolute Gasteiger partial charge is 0.115 e. The molecule has 0 amide bonds. The number of fused-ring (bicyclic) bond motifs is 5. The highest BCUT2D eigenvalue weighted by atomic mass is 16.3. The highest BCUT2D eigenvalue weighted by Gasteiger charge is 2.54. The highest BCUT2D eigenvalue weighted by Crippen LogP contribution is 2.60. The molecule has 0 aromatic heterocycles. The van der Waals surface area contributed by atoms with E-state index in [1.54, 1.807) is 6.07 Å². The average molecular weight is 275 g/mol. The SMILES string of the molecule is [2H]C1([2H])C[C@@H]2[C@H]3CCc4cc(O)ccc4[C@@H]3CC[C@@]2(C)[C@@]1([2H])O. The van der Waals surface area contributed by atoms with E-state index in [2.05, 4.69) is 0 Å². The summed E-state index contributed by atoms with van der Waals surface area (Å²) in [6, 6.07) is 5.61. The maximum Gasteiger partial charge on any atom is 0.115 e. The summed E-state index contributed by atoms with van der Waals surface area (Å²) >= 11 is 0. The number of aromatic hydroxyl groups is 1. The second-order valence-corrected chi connectivity index (χ2v) is 6.98. The Bertz CT molecular complexity index is 658. The summed E-state index contributed by atoms with van der Waals surface area (Å²) in [4.78, 5) is 0. The molecule has 4 rings (SSSR count). The van der Waals surface area contributed by atoms with Crippen molar-refractivity contribution in [1.82, 2.24) is 0 Å². The molecule has 3 aliphatic carbocycles. The van der Waals surface area contributed by atoms with Crippen molar-refractivity contribution in [3.63, 3.8) is 0 Å². The molecular formula is C18H24O2. The Kier molecular flexibility index (Phi) is 2.08. The normalized spacial score (nSPS) is 51.1. The lowest BCUT2D eigenvalue weighted by atomic mass is 9.55. The van der Waals surface area contributed by atoms with E-state index in [9.17, 15) is 10.2 Å². The lowest BCUT2D eigenvalue weighted by Gasteiger charge is -2.50. The second kappa shape index (κ2) is 4.24. The number of phenols is 1. The Hall–Kier alpha value is -1.02. The summed E-state index contributed by atoms with van der Waals surface area (Å²) in [5.41, 5.74) is 1.81. The Balaban J connectivity index is 1.75. The van der Waals surface area contributed by atoms with Gasteiger partial charge in [0.25, 0.3) is 0 Å². The molecule has 0 heterocycles. The minimum atomic E-state index is -2.01. The van der Waals surface area contributed by atoms with Crippen molar-refractivity contribution in [2.24, 2.45) is 17.3 Å². The molecular weight excluding hydrogens is 248 g/mol.